The Labute approximate surface area is 189 Å². The molecule has 0 spiro atoms. The summed E-state index contributed by atoms with van der Waals surface area (Å²) in [5.74, 6) is -0.235. The van der Waals surface area contributed by atoms with Gasteiger partial charge in [-0.2, -0.15) is 3.21 Å². The van der Waals surface area contributed by atoms with Crippen molar-refractivity contribution in [3.63, 3.8) is 0 Å². The molecule has 4 rings (SSSR count). The van der Waals surface area contributed by atoms with Gasteiger partial charge in [-0.15, -0.1) is 11.3 Å². The van der Waals surface area contributed by atoms with E-state index in [2.05, 4.69) is 8.52 Å². The van der Waals surface area contributed by atoms with E-state index in [4.69, 9.17) is 21.1 Å². The zero-order chi connectivity index (χ0) is 20.4. The molecule has 2 aliphatic rings. The number of halogens is 2. The van der Waals surface area contributed by atoms with E-state index >= 15 is 0 Å². The minimum atomic E-state index is -0.435. The second-order valence-electron chi connectivity index (χ2n) is 6.31. The fraction of sp³-hybridized carbons (Fsp3) is 0.278. The monoisotopic (exact) mass is 546 g/mol. The number of anilines is 2. The zero-order valence-corrected chi connectivity index (χ0v) is 18.7. The Morgan fingerprint density at radius 2 is 1.97 bits per heavy atom. The fourth-order valence-electron chi connectivity index (χ4n) is 3.09. The molecule has 2 aliphatic heterocycles. The third kappa shape index (κ3) is 4.43. The van der Waals surface area contributed by atoms with Crippen LogP contribution in [0.2, 0.25) is 4.34 Å². The molecule has 1 atom stereocenters. The third-order valence-electron chi connectivity index (χ3n) is 4.48. The van der Waals surface area contributed by atoms with Gasteiger partial charge < -0.3 is 14.8 Å². The first-order valence-electron chi connectivity index (χ1n) is 8.76. The van der Waals surface area contributed by atoms with Gasteiger partial charge in [0.05, 0.1) is 51.7 Å². The Bertz CT molecular complexity index is 952. The van der Waals surface area contributed by atoms with E-state index in [0.717, 1.165) is 17.9 Å². The molecular weight excluding hydrogens is 531 g/mol. The molecule has 0 saturated carbocycles. The second-order valence-corrected chi connectivity index (χ2v) is 8.51. The van der Waals surface area contributed by atoms with Crippen LogP contribution in [0.5, 0.6) is 0 Å². The van der Waals surface area contributed by atoms with E-state index < -0.39 is 12.2 Å². The van der Waals surface area contributed by atoms with Crippen molar-refractivity contribution in [2.45, 2.75) is 6.10 Å². The van der Waals surface area contributed by atoms with Crippen LogP contribution in [0.1, 0.15) is 9.67 Å². The van der Waals surface area contributed by atoms with E-state index in [-0.39, 0.29) is 12.5 Å². The van der Waals surface area contributed by atoms with E-state index in [1.54, 1.807) is 17.0 Å². The summed E-state index contributed by atoms with van der Waals surface area (Å²) in [6, 6.07) is 11.4. The van der Waals surface area contributed by atoms with Crippen LogP contribution in [0.15, 0.2) is 39.6 Å². The highest BCUT2D eigenvalue weighted by atomic mass is 127. The van der Waals surface area contributed by atoms with Crippen molar-refractivity contribution in [2.75, 3.05) is 36.0 Å². The highest BCUT2D eigenvalue weighted by molar-refractivity contribution is 14.1. The Balaban J connectivity index is 1.36. The van der Waals surface area contributed by atoms with Gasteiger partial charge >= 0.3 is 12.1 Å². The summed E-state index contributed by atoms with van der Waals surface area (Å²) in [4.78, 5) is 28.4. The van der Waals surface area contributed by atoms with Crippen LogP contribution in [0.3, 0.4) is 0 Å². The van der Waals surface area contributed by atoms with Gasteiger partial charge in [0.15, 0.2) is 0 Å². The summed E-state index contributed by atoms with van der Waals surface area (Å²) >= 11 is 8.96. The smallest absolute Gasteiger partial charge is 0.414 e. The molecule has 0 radical (unpaired) electrons. The number of nitrogens with zero attached hydrogens (tertiary/aromatic N) is 3. The molecule has 2 aromatic rings. The van der Waals surface area contributed by atoms with Gasteiger partial charge in [-0.1, -0.05) is 11.6 Å². The highest BCUT2D eigenvalue weighted by Gasteiger charge is 2.33. The van der Waals surface area contributed by atoms with Crippen LogP contribution in [0.25, 0.3) is 0 Å². The Kier molecular flexibility index (Phi) is 6.11. The summed E-state index contributed by atoms with van der Waals surface area (Å²) in [6.07, 6.45) is -0.860. The number of benzene rings is 1. The second kappa shape index (κ2) is 8.76. The summed E-state index contributed by atoms with van der Waals surface area (Å²) in [5.41, 5.74) is 1.67. The Morgan fingerprint density at radius 1 is 1.24 bits per heavy atom. The van der Waals surface area contributed by atoms with Crippen molar-refractivity contribution in [1.29, 1.82) is 0 Å². The summed E-state index contributed by atoms with van der Waals surface area (Å²) < 4.78 is 15.5. The van der Waals surface area contributed by atoms with Gasteiger partial charge in [0.1, 0.15) is 12.7 Å². The maximum absolute atomic E-state index is 12.3. The minimum Gasteiger partial charge on any atom is -0.462 e. The molecule has 2 fully saturated rings. The van der Waals surface area contributed by atoms with Crippen LogP contribution in [0.4, 0.5) is 16.2 Å². The number of cyclic esters (lactones) is 1. The predicted molar refractivity (Wildman–Crippen MR) is 120 cm³/mol. The number of thiophene rings is 1. The molecule has 0 bridgehead atoms. The lowest BCUT2D eigenvalue weighted by Gasteiger charge is -2.18. The summed E-state index contributed by atoms with van der Waals surface area (Å²) in [6.45, 7) is 1.91. The van der Waals surface area contributed by atoms with Crippen molar-refractivity contribution >= 4 is 75.2 Å². The van der Waals surface area contributed by atoms with Crippen LogP contribution >= 0.6 is 45.8 Å². The van der Waals surface area contributed by atoms with Crippen LogP contribution in [0, 0.1) is 0 Å². The Morgan fingerprint density at radius 3 is 2.62 bits per heavy atom. The molecular formula is C18H16ClIN4O4S. The Hall–Kier alpha value is -2.05. The van der Waals surface area contributed by atoms with E-state index in [1.165, 1.54) is 11.3 Å². The minimum absolute atomic E-state index is 0.231. The quantitative estimate of drug-likeness (QED) is 0.579. The lowest BCUT2D eigenvalue weighted by atomic mass is 10.2. The lowest BCUT2D eigenvalue weighted by molar-refractivity contribution is 0.0920. The lowest BCUT2D eigenvalue weighted by Crippen LogP contribution is -2.34. The number of rotatable bonds is 5. The molecule has 152 valence electrons. The maximum Gasteiger partial charge on any atom is 0.414 e. The largest absolute Gasteiger partial charge is 0.462 e. The number of ether oxygens (including phenoxy) is 2. The molecule has 11 heteroatoms. The van der Waals surface area contributed by atoms with E-state index in [1.807, 2.05) is 52.0 Å². The van der Waals surface area contributed by atoms with Crippen LogP contribution < -0.4 is 15.1 Å². The molecule has 1 aromatic carbocycles. The summed E-state index contributed by atoms with van der Waals surface area (Å²) in [5, 5.41) is 2.78. The number of hydrogen-bond acceptors (Lipinski definition) is 6. The first kappa shape index (κ1) is 20.2. The molecule has 0 unspecified atom stereocenters. The SMILES string of the molecule is O=C(NC[C@H]1CN(c2ccc(N3CCO/C3=N\I)cc2)C(=O)O1)c1ccc(Cl)s1. The molecule has 2 amide bonds. The predicted octanol–water partition coefficient (Wildman–Crippen LogP) is 3.70. The van der Waals surface area contributed by atoms with Gasteiger partial charge in [-0.3, -0.25) is 14.6 Å². The molecule has 29 heavy (non-hydrogen) atoms. The van der Waals surface area contributed by atoms with Gasteiger partial charge in [0.25, 0.3) is 5.91 Å². The highest BCUT2D eigenvalue weighted by Crippen LogP contribution is 2.27. The van der Waals surface area contributed by atoms with Gasteiger partial charge in [0, 0.05) is 11.4 Å². The fourth-order valence-corrected chi connectivity index (χ4v) is 4.45. The number of carbonyl (C=O) groups is 2. The van der Waals surface area contributed by atoms with Crippen molar-refractivity contribution in [3.8, 4) is 0 Å². The molecule has 3 heterocycles. The molecule has 2 saturated heterocycles. The van der Waals surface area contributed by atoms with Crippen LogP contribution in [-0.2, 0) is 9.47 Å². The number of nitrogens with one attached hydrogen (secondary N) is 1. The topological polar surface area (TPSA) is 83.5 Å². The standard InChI is InChI=1S/C18H16ClIN4O4S/c19-15-6-5-14(29-15)16(25)21-9-13-10-24(18(26)28-13)12-3-1-11(2-4-12)23-7-8-27-17(23)22-20/h1-6,13H,7-10H2,(H,21,25)/b22-17-/t13-/m0/s1. The first-order valence-corrected chi connectivity index (χ1v) is 10.9. The van der Waals surface area contributed by atoms with Gasteiger partial charge in [-0.05, 0) is 36.4 Å². The van der Waals surface area contributed by atoms with E-state index in [0.29, 0.717) is 28.4 Å². The van der Waals surface area contributed by atoms with Crippen molar-refractivity contribution in [3.05, 3.63) is 45.6 Å². The third-order valence-corrected chi connectivity index (χ3v) is 6.13. The summed E-state index contributed by atoms with van der Waals surface area (Å²) in [7, 11) is 0. The van der Waals surface area contributed by atoms with Gasteiger partial charge in [0.2, 0.25) is 0 Å². The zero-order valence-electron chi connectivity index (χ0n) is 15.0. The molecule has 8 nitrogen and oxygen atoms in total. The first-order chi connectivity index (χ1) is 14.0. The number of carbonyl (C=O) groups excluding carboxylic acids is 2. The normalized spacial score (nSPS) is 20.1. The van der Waals surface area contributed by atoms with Gasteiger partial charge in [-0.25, -0.2) is 4.79 Å². The molecule has 1 aromatic heterocycles. The molecule has 1 N–H and O–H groups in total. The average molecular weight is 547 g/mol. The number of amides is 2. The molecule has 0 aliphatic carbocycles. The number of hydrogen-bond donors (Lipinski definition) is 1. The average Bonchev–Trinajstić information content (AvgIpc) is 3.46. The van der Waals surface area contributed by atoms with Crippen molar-refractivity contribution in [2.24, 2.45) is 3.21 Å². The van der Waals surface area contributed by atoms with E-state index in [9.17, 15) is 9.59 Å². The maximum atomic E-state index is 12.3. The van der Waals surface area contributed by atoms with Crippen molar-refractivity contribution < 1.29 is 19.1 Å². The van der Waals surface area contributed by atoms with Crippen molar-refractivity contribution in [1.82, 2.24) is 5.32 Å². The van der Waals surface area contributed by atoms with Crippen LogP contribution in [-0.4, -0.2) is 50.4 Å². The number of amidine groups is 1.